The van der Waals surface area contributed by atoms with Gasteiger partial charge in [0.2, 0.25) is 0 Å². The van der Waals surface area contributed by atoms with Gasteiger partial charge >= 0.3 is 0 Å². The number of Topliss-reactive ketones (excluding diaryl/α,β-unsaturated/α-hetero) is 1. The van der Waals surface area contributed by atoms with Crippen molar-refractivity contribution in [1.29, 1.82) is 0 Å². The van der Waals surface area contributed by atoms with Crippen molar-refractivity contribution in [1.82, 2.24) is 0 Å². The molecule has 144 valence electrons. The molecule has 4 rings (SSSR count). The van der Waals surface area contributed by atoms with Gasteiger partial charge in [0.25, 0.3) is 0 Å². The summed E-state index contributed by atoms with van der Waals surface area (Å²) in [7, 11) is 0. The Kier molecular flexibility index (Phi) is 4.89. The van der Waals surface area contributed by atoms with Crippen LogP contribution in [0.5, 0.6) is 5.75 Å². The zero-order valence-corrected chi connectivity index (χ0v) is 15.4. The lowest BCUT2D eigenvalue weighted by Gasteiger charge is -2.35. The quantitative estimate of drug-likeness (QED) is 0.745. The monoisotopic (exact) mass is 378 g/mol. The molecule has 2 aromatic rings. The lowest BCUT2D eigenvalue weighted by molar-refractivity contribution is -0.0403. The third-order valence-electron chi connectivity index (χ3n) is 5.35. The van der Waals surface area contributed by atoms with Crippen molar-refractivity contribution in [3.05, 3.63) is 76.9 Å². The first-order valence-corrected chi connectivity index (χ1v) is 9.27. The molecule has 0 unspecified atom stereocenters. The lowest BCUT2D eigenvalue weighted by Crippen LogP contribution is -2.48. The standard InChI is InChI=1S/C23H22O5/c24-12-15-2-1-3-16(8-15)17-4-5-18(9-17)19-6-7-22-20(10-19)21(27)11-23(13-25,14-26)28-22/h1-4,6-10,24-26H,5,11-14H2. The molecule has 0 saturated carbocycles. The molecule has 0 aromatic heterocycles. The minimum absolute atomic E-state index is 0.00773. The molecule has 1 heterocycles. The highest BCUT2D eigenvalue weighted by molar-refractivity contribution is 6.01. The summed E-state index contributed by atoms with van der Waals surface area (Å²) in [4.78, 5) is 12.6. The van der Waals surface area contributed by atoms with Crippen LogP contribution in [0.15, 0.2) is 54.6 Å². The summed E-state index contributed by atoms with van der Waals surface area (Å²) < 4.78 is 5.74. The lowest BCUT2D eigenvalue weighted by atomic mass is 9.89. The molecule has 2 aromatic carbocycles. The fourth-order valence-electron chi connectivity index (χ4n) is 3.70. The molecule has 0 fully saturated rings. The van der Waals surface area contributed by atoms with Gasteiger partial charge in [-0.2, -0.15) is 0 Å². The van der Waals surface area contributed by atoms with E-state index < -0.39 is 18.8 Å². The minimum atomic E-state index is -1.25. The molecular formula is C23H22O5. The normalized spacial score (nSPS) is 17.6. The minimum Gasteiger partial charge on any atom is -0.481 e. The van der Waals surface area contributed by atoms with Crippen molar-refractivity contribution < 1.29 is 24.9 Å². The van der Waals surface area contributed by atoms with Gasteiger partial charge in [0.05, 0.1) is 31.8 Å². The number of fused-ring (bicyclic) bond motifs is 1. The van der Waals surface area contributed by atoms with Crippen LogP contribution in [0.3, 0.4) is 0 Å². The molecule has 0 spiro atoms. The zero-order valence-electron chi connectivity index (χ0n) is 15.4. The van der Waals surface area contributed by atoms with Gasteiger partial charge in [0.15, 0.2) is 11.4 Å². The number of aliphatic hydroxyl groups is 3. The van der Waals surface area contributed by atoms with Crippen LogP contribution in [-0.2, 0) is 6.61 Å². The van der Waals surface area contributed by atoms with E-state index in [9.17, 15) is 20.1 Å². The van der Waals surface area contributed by atoms with Gasteiger partial charge < -0.3 is 20.1 Å². The molecule has 28 heavy (non-hydrogen) atoms. The predicted molar refractivity (Wildman–Crippen MR) is 106 cm³/mol. The number of hydrogen-bond acceptors (Lipinski definition) is 5. The van der Waals surface area contributed by atoms with Crippen LogP contribution in [0, 0.1) is 0 Å². The Balaban J connectivity index is 1.62. The number of ketones is 1. The Labute approximate surface area is 163 Å². The second-order valence-corrected chi connectivity index (χ2v) is 7.30. The first-order chi connectivity index (χ1) is 13.6. The van der Waals surface area contributed by atoms with E-state index in [1.807, 2.05) is 36.4 Å². The smallest absolute Gasteiger partial charge is 0.170 e. The van der Waals surface area contributed by atoms with Crippen LogP contribution in [0.4, 0.5) is 0 Å². The molecule has 1 aliphatic heterocycles. The molecule has 0 saturated heterocycles. The van der Waals surface area contributed by atoms with E-state index in [1.165, 1.54) is 0 Å². The van der Waals surface area contributed by atoms with Gasteiger partial charge in [0, 0.05) is 0 Å². The molecule has 0 atom stereocenters. The van der Waals surface area contributed by atoms with Crippen LogP contribution in [0.25, 0.3) is 11.1 Å². The van der Waals surface area contributed by atoms with Gasteiger partial charge in [-0.25, -0.2) is 0 Å². The second-order valence-electron chi connectivity index (χ2n) is 7.30. The van der Waals surface area contributed by atoms with Gasteiger partial charge in [-0.1, -0.05) is 36.4 Å². The van der Waals surface area contributed by atoms with Crippen LogP contribution in [0.2, 0.25) is 0 Å². The summed E-state index contributed by atoms with van der Waals surface area (Å²) in [6.07, 6.45) is 4.93. The van der Waals surface area contributed by atoms with Crippen molar-refractivity contribution in [2.24, 2.45) is 0 Å². The maximum absolute atomic E-state index is 12.6. The molecule has 5 heteroatoms. The largest absolute Gasteiger partial charge is 0.481 e. The van der Waals surface area contributed by atoms with Crippen molar-refractivity contribution in [2.75, 3.05) is 13.2 Å². The topological polar surface area (TPSA) is 87.0 Å². The summed E-state index contributed by atoms with van der Waals surface area (Å²) in [6.45, 7) is -0.822. The van der Waals surface area contributed by atoms with E-state index in [4.69, 9.17) is 4.74 Å². The zero-order chi connectivity index (χ0) is 19.7. The van der Waals surface area contributed by atoms with Crippen LogP contribution >= 0.6 is 0 Å². The summed E-state index contributed by atoms with van der Waals surface area (Å²) in [5, 5.41) is 28.4. The second kappa shape index (κ2) is 7.36. The van der Waals surface area contributed by atoms with E-state index in [1.54, 1.807) is 6.07 Å². The number of benzene rings is 2. The van der Waals surface area contributed by atoms with Gasteiger partial charge in [-0.3, -0.25) is 4.79 Å². The van der Waals surface area contributed by atoms with Gasteiger partial charge in [-0.15, -0.1) is 0 Å². The summed E-state index contributed by atoms with van der Waals surface area (Å²) in [5.41, 5.74) is 4.28. The van der Waals surface area contributed by atoms with Gasteiger partial charge in [-0.05, 0) is 52.5 Å². The molecule has 2 aliphatic rings. The number of carbonyl (C=O) groups is 1. The van der Waals surface area contributed by atoms with E-state index in [0.29, 0.717) is 11.3 Å². The summed E-state index contributed by atoms with van der Waals surface area (Å²) in [6, 6.07) is 13.2. The first kappa shape index (κ1) is 18.6. The number of ether oxygens (including phenoxy) is 1. The fourth-order valence-corrected chi connectivity index (χ4v) is 3.70. The molecule has 1 aliphatic carbocycles. The number of aliphatic hydroxyl groups excluding tert-OH is 3. The third-order valence-corrected chi connectivity index (χ3v) is 5.35. The average Bonchev–Trinajstić information content (AvgIpc) is 3.24. The average molecular weight is 378 g/mol. The molecule has 0 amide bonds. The molecular weight excluding hydrogens is 356 g/mol. The molecule has 0 bridgehead atoms. The van der Waals surface area contributed by atoms with Crippen LogP contribution in [0.1, 0.15) is 39.9 Å². The number of allylic oxidation sites excluding steroid dienone is 4. The van der Waals surface area contributed by atoms with Crippen molar-refractivity contribution in [3.8, 4) is 5.75 Å². The fraction of sp³-hybridized carbons (Fsp3) is 0.261. The third kappa shape index (κ3) is 3.29. The Hall–Kier alpha value is -2.73. The van der Waals surface area contributed by atoms with Gasteiger partial charge in [0.1, 0.15) is 5.75 Å². The van der Waals surface area contributed by atoms with E-state index >= 15 is 0 Å². The number of carbonyl (C=O) groups excluding carboxylic acids is 1. The maximum atomic E-state index is 12.6. The number of rotatable bonds is 5. The summed E-state index contributed by atoms with van der Waals surface area (Å²) >= 11 is 0. The Morgan fingerprint density at radius 1 is 1.00 bits per heavy atom. The Morgan fingerprint density at radius 2 is 1.82 bits per heavy atom. The molecule has 3 N–H and O–H groups in total. The number of hydrogen-bond donors (Lipinski definition) is 3. The van der Waals surface area contributed by atoms with Crippen molar-refractivity contribution in [3.63, 3.8) is 0 Å². The molecule has 5 nitrogen and oxygen atoms in total. The maximum Gasteiger partial charge on any atom is 0.170 e. The van der Waals surface area contributed by atoms with Crippen molar-refractivity contribution in [2.45, 2.75) is 25.0 Å². The van der Waals surface area contributed by atoms with E-state index in [0.717, 1.165) is 34.3 Å². The summed E-state index contributed by atoms with van der Waals surface area (Å²) in [5.74, 6) is 0.249. The molecule has 0 radical (unpaired) electrons. The van der Waals surface area contributed by atoms with Crippen molar-refractivity contribution >= 4 is 16.9 Å². The highest BCUT2D eigenvalue weighted by Crippen LogP contribution is 2.38. The first-order valence-electron chi connectivity index (χ1n) is 9.27. The highest BCUT2D eigenvalue weighted by Gasteiger charge is 2.40. The van der Waals surface area contributed by atoms with Crippen LogP contribution in [-0.4, -0.2) is 39.9 Å². The SMILES string of the molecule is O=C1CC(CO)(CO)Oc2ccc(C3=CC(c4cccc(CO)c4)=CC3)cc21. The Morgan fingerprint density at radius 3 is 2.57 bits per heavy atom. The van der Waals surface area contributed by atoms with E-state index in [2.05, 4.69) is 12.2 Å². The Bertz CT molecular complexity index is 982. The predicted octanol–water partition coefficient (Wildman–Crippen LogP) is 2.74. The highest BCUT2D eigenvalue weighted by atomic mass is 16.5. The van der Waals surface area contributed by atoms with E-state index in [-0.39, 0.29) is 18.8 Å². The van der Waals surface area contributed by atoms with Crippen LogP contribution < -0.4 is 4.74 Å².